The minimum absolute atomic E-state index is 0.0298. The van der Waals surface area contributed by atoms with Crippen molar-refractivity contribution in [2.75, 3.05) is 31.3 Å². The Kier molecular flexibility index (Phi) is 3.60. The largest absolute Gasteiger partial charge is 0.497 e. The van der Waals surface area contributed by atoms with E-state index in [1.165, 1.54) is 0 Å². The molecule has 18 heavy (non-hydrogen) atoms. The molecule has 0 atom stereocenters. The van der Waals surface area contributed by atoms with Gasteiger partial charge in [0.25, 0.3) is 0 Å². The van der Waals surface area contributed by atoms with Gasteiger partial charge in [-0.1, -0.05) is 0 Å². The molecular formula is C13H19N3O2. The third kappa shape index (κ3) is 3.06. The van der Waals surface area contributed by atoms with E-state index >= 15 is 0 Å². The van der Waals surface area contributed by atoms with Crippen molar-refractivity contribution in [3.63, 3.8) is 0 Å². The van der Waals surface area contributed by atoms with Crippen LogP contribution in [0.1, 0.15) is 12.8 Å². The predicted octanol–water partition coefficient (Wildman–Crippen LogP) is 0.992. The van der Waals surface area contributed by atoms with Crippen LogP contribution in [-0.2, 0) is 4.79 Å². The van der Waals surface area contributed by atoms with Gasteiger partial charge in [-0.25, -0.2) is 0 Å². The summed E-state index contributed by atoms with van der Waals surface area (Å²) in [6.07, 6.45) is 2.19. The number of nitrogens with one attached hydrogen (secondary N) is 1. The summed E-state index contributed by atoms with van der Waals surface area (Å²) in [4.78, 5) is 13.5. The Morgan fingerprint density at radius 3 is 2.89 bits per heavy atom. The number of amides is 1. The highest BCUT2D eigenvalue weighted by Gasteiger charge is 2.23. The molecule has 0 spiro atoms. The number of nitrogens with two attached hydrogens (primary N) is 1. The van der Waals surface area contributed by atoms with E-state index in [0.29, 0.717) is 18.3 Å². The van der Waals surface area contributed by atoms with Crippen molar-refractivity contribution in [2.24, 2.45) is 0 Å². The lowest BCUT2D eigenvalue weighted by molar-refractivity contribution is -0.119. The molecule has 0 bridgehead atoms. The van der Waals surface area contributed by atoms with Crippen LogP contribution in [0.5, 0.6) is 5.75 Å². The summed E-state index contributed by atoms with van der Waals surface area (Å²) in [5, 5.41) is 2.95. The Hall–Kier alpha value is -1.91. The minimum atomic E-state index is 0.0298. The topological polar surface area (TPSA) is 67.6 Å². The zero-order valence-electron chi connectivity index (χ0n) is 10.8. The smallest absolute Gasteiger partial charge is 0.239 e. The van der Waals surface area contributed by atoms with E-state index in [9.17, 15) is 4.79 Å². The van der Waals surface area contributed by atoms with Crippen molar-refractivity contribution in [2.45, 2.75) is 18.9 Å². The molecular weight excluding hydrogens is 230 g/mol. The molecule has 0 saturated heterocycles. The van der Waals surface area contributed by atoms with Gasteiger partial charge in [-0.15, -0.1) is 0 Å². The third-order valence-electron chi connectivity index (χ3n) is 2.97. The average molecular weight is 249 g/mol. The molecule has 1 aromatic carbocycles. The Labute approximate surface area is 107 Å². The minimum Gasteiger partial charge on any atom is -0.497 e. The molecule has 1 aliphatic carbocycles. The standard InChI is InChI=1S/C13H19N3O2/c1-16(8-13(17)15-9-3-4-9)12-7-10(18-2)5-6-11(12)14/h5-7,9H,3-4,8,14H2,1-2H3,(H,15,17). The zero-order chi connectivity index (χ0) is 13.1. The van der Waals surface area contributed by atoms with Crippen molar-refractivity contribution in [1.82, 2.24) is 5.32 Å². The fourth-order valence-corrected chi connectivity index (χ4v) is 1.78. The summed E-state index contributed by atoms with van der Waals surface area (Å²) in [6, 6.07) is 5.80. The first-order chi connectivity index (χ1) is 8.60. The number of likely N-dealkylation sites (N-methyl/N-ethyl adjacent to an activating group) is 1. The van der Waals surface area contributed by atoms with Crippen molar-refractivity contribution >= 4 is 17.3 Å². The van der Waals surface area contributed by atoms with Crippen LogP contribution in [0.4, 0.5) is 11.4 Å². The highest BCUT2D eigenvalue weighted by molar-refractivity contribution is 5.83. The number of ether oxygens (including phenoxy) is 1. The number of carbonyl (C=O) groups excluding carboxylic acids is 1. The lowest BCUT2D eigenvalue weighted by atomic mass is 10.2. The van der Waals surface area contributed by atoms with E-state index in [-0.39, 0.29) is 5.91 Å². The summed E-state index contributed by atoms with van der Waals surface area (Å²) >= 11 is 0. The number of hydrogen-bond donors (Lipinski definition) is 2. The number of nitrogens with zero attached hydrogens (tertiary/aromatic N) is 1. The maximum Gasteiger partial charge on any atom is 0.239 e. The van der Waals surface area contributed by atoms with Crippen LogP contribution in [-0.4, -0.2) is 32.7 Å². The molecule has 0 unspecified atom stereocenters. The molecule has 2 rings (SSSR count). The van der Waals surface area contributed by atoms with Crippen LogP contribution >= 0.6 is 0 Å². The number of rotatable bonds is 5. The zero-order valence-corrected chi connectivity index (χ0v) is 10.8. The summed E-state index contributed by atoms with van der Waals surface area (Å²) in [6.45, 7) is 0.299. The molecule has 1 amide bonds. The fourth-order valence-electron chi connectivity index (χ4n) is 1.78. The Morgan fingerprint density at radius 1 is 1.56 bits per heavy atom. The van der Waals surface area contributed by atoms with Crippen molar-refractivity contribution in [3.05, 3.63) is 18.2 Å². The predicted molar refractivity (Wildman–Crippen MR) is 71.8 cm³/mol. The maximum atomic E-state index is 11.7. The first-order valence-corrected chi connectivity index (χ1v) is 6.04. The maximum absolute atomic E-state index is 11.7. The molecule has 5 heteroatoms. The van der Waals surface area contributed by atoms with Crippen LogP contribution in [0.15, 0.2) is 18.2 Å². The third-order valence-corrected chi connectivity index (χ3v) is 2.97. The van der Waals surface area contributed by atoms with Crippen molar-refractivity contribution in [3.8, 4) is 5.75 Å². The number of hydrogen-bond acceptors (Lipinski definition) is 4. The Balaban J connectivity index is 2.02. The normalized spacial score (nSPS) is 14.1. The quantitative estimate of drug-likeness (QED) is 0.764. The number of anilines is 2. The van der Waals surface area contributed by atoms with Gasteiger partial charge in [0.05, 0.1) is 25.0 Å². The first kappa shape index (κ1) is 12.5. The number of carbonyl (C=O) groups is 1. The molecule has 98 valence electrons. The lowest BCUT2D eigenvalue weighted by Gasteiger charge is -2.21. The van der Waals surface area contributed by atoms with Crippen molar-refractivity contribution in [1.29, 1.82) is 0 Å². The monoisotopic (exact) mass is 249 g/mol. The van der Waals surface area contributed by atoms with E-state index in [0.717, 1.165) is 24.3 Å². The highest BCUT2D eigenvalue weighted by atomic mass is 16.5. The highest BCUT2D eigenvalue weighted by Crippen LogP contribution is 2.27. The molecule has 0 aromatic heterocycles. The second-order valence-electron chi connectivity index (χ2n) is 4.62. The molecule has 5 nitrogen and oxygen atoms in total. The molecule has 0 radical (unpaired) electrons. The van der Waals surface area contributed by atoms with Gasteiger partial charge in [0.2, 0.25) is 5.91 Å². The molecule has 0 aliphatic heterocycles. The number of nitrogen functional groups attached to an aromatic ring is 1. The number of methoxy groups -OCH3 is 1. The molecule has 0 heterocycles. The van der Waals surface area contributed by atoms with Gasteiger partial charge in [0.15, 0.2) is 0 Å². The van der Waals surface area contributed by atoms with Gasteiger partial charge >= 0.3 is 0 Å². The van der Waals surface area contributed by atoms with Gasteiger partial charge < -0.3 is 20.7 Å². The molecule has 1 saturated carbocycles. The second-order valence-corrected chi connectivity index (χ2v) is 4.62. The van der Waals surface area contributed by atoms with Gasteiger partial charge in [-0.05, 0) is 25.0 Å². The molecule has 1 aliphatic rings. The van der Waals surface area contributed by atoms with E-state index in [1.807, 2.05) is 18.0 Å². The summed E-state index contributed by atoms with van der Waals surface area (Å²) in [5.41, 5.74) is 7.35. The van der Waals surface area contributed by atoms with Crippen LogP contribution in [0, 0.1) is 0 Å². The lowest BCUT2D eigenvalue weighted by Crippen LogP contribution is -2.36. The van der Waals surface area contributed by atoms with Crippen LogP contribution < -0.4 is 20.7 Å². The summed E-state index contributed by atoms with van der Waals surface area (Å²) in [7, 11) is 3.45. The Morgan fingerprint density at radius 2 is 2.28 bits per heavy atom. The van der Waals surface area contributed by atoms with Gasteiger partial charge in [0.1, 0.15) is 5.75 Å². The molecule has 1 aromatic rings. The average Bonchev–Trinajstić information content (AvgIpc) is 3.13. The van der Waals surface area contributed by atoms with Crippen LogP contribution in [0.2, 0.25) is 0 Å². The van der Waals surface area contributed by atoms with Gasteiger partial charge in [-0.2, -0.15) is 0 Å². The van der Waals surface area contributed by atoms with Crippen molar-refractivity contribution < 1.29 is 9.53 Å². The van der Waals surface area contributed by atoms with Gasteiger partial charge in [0, 0.05) is 19.2 Å². The van der Waals surface area contributed by atoms with E-state index in [1.54, 1.807) is 19.2 Å². The number of benzene rings is 1. The fraction of sp³-hybridized carbons (Fsp3) is 0.462. The van der Waals surface area contributed by atoms with Crippen LogP contribution in [0.25, 0.3) is 0 Å². The molecule has 1 fully saturated rings. The Bertz CT molecular complexity index is 444. The van der Waals surface area contributed by atoms with E-state index < -0.39 is 0 Å². The van der Waals surface area contributed by atoms with Gasteiger partial charge in [-0.3, -0.25) is 4.79 Å². The van der Waals surface area contributed by atoms with E-state index in [2.05, 4.69) is 5.32 Å². The second kappa shape index (κ2) is 5.16. The van der Waals surface area contributed by atoms with Crippen LogP contribution in [0.3, 0.4) is 0 Å². The summed E-state index contributed by atoms with van der Waals surface area (Å²) < 4.78 is 5.16. The van der Waals surface area contributed by atoms with E-state index in [4.69, 9.17) is 10.5 Å². The SMILES string of the molecule is COc1ccc(N)c(N(C)CC(=O)NC2CC2)c1. The first-order valence-electron chi connectivity index (χ1n) is 6.04. The summed E-state index contributed by atoms with van der Waals surface area (Å²) in [5.74, 6) is 0.760. The molecule has 3 N–H and O–H groups in total.